The number of hydrogen-bond donors (Lipinski definition) is 3. The Bertz CT molecular complexity index is 1100. The van der Waals surface area contributed by atoms with Gasteiger partial charge < -0.3 is 15.5 Å². The van der Waals surface area contributed by atoms with Gasteiger partial charge in [-0.3, -0.25) is 14.5 Å². The number of phenols is 1. The highest BCUT2D eigenvalue weighted by Gasteiger charge is 2.31. The Kier molecular flexibility index (Phi) is 7.66. The number of aromatic hydroxyl groups is 1. The van der Waals surface area contributed by atoms with Gasteiger partial charge in [0.25, 0.3) is 5.91 Å². The number of amides is 2. The van der Waals surface area contributed by atoms with Gasteiger partial charge in [-0.2, -0.15) is 0 Å². The van der Waals surface area contributed by atoms with Crippen LogP contribution in [0.5, 0.6) is 5.75 Å². The molecule has 0 spiro atoms. The van der Waals surface area contributed by atoms with Crippen molar-refractivity contribution < 1.29 is 24.6 Å². The smallest absolute Gasteiger partial charge is 0.339 e. The molecule has 1 aliphatic rings. The number of benzene rings is 2. The lowest BCUT2D eigenvalue weighted by Gasteiger charge is -2.14. The fourth-order valence-corrected chi connectivity index (χ4v) is 4.35. The lowest BCUT2D eigenvalue weighted by Crippen LogP contribution is -2.31. The molecule has 7 nitrogen and oxygen atoms in total. The Morgan fingerprint density at radius 1 is 1.16 bits per heavy atom. The van der Waals surface area contributed by atoms with Gasteiger partial charge in [0.15, 0.2) is 0 Å². The van der Waals surface area contributed by atoms with Crippen molar-refractivity contribution in [3.63, 3.8) is 0 Å². The average Bonchev–Trinajstić information content (AvgIpc) is 3.04. The van der Waals surface area contributed by atoms with Crippen molar-refractivity contribution in [1.82, 2.24) is 4.90 Å². The molecular formula is C23H22N2O5S2. The Balaban J connectivity index is 1.56. The maximum atomic E-state index is 12.7. The van der Waals surface area contributed by atoms with Crippen LogP contribution in [0, 0.1) is 0 Å². The third-order valence-electron chi connectivity index (χ3n) is 4.90. The number of anilines is 1. The molecule has 0 aromatic heterocycles. The summed E-state index contributed by atoms with van der Waals surface area (Å²) >= 11 is 6.52. The molecular weight excluding hydrogens is 448 g/mol. The van der Waals surface area contributed by atoms with Gasteiger partial charge in [0.05, 0.1) is 4.91 Å². The minimum atomic E-state index is -1.30. The second-order valence-electron chi connectivity index (χ2n) is 7.10. The van der Waals surface area contributed by atoms with E-state index >= 15 is 0 Å². The van der Waals surface area contributed by atoms with Gasteiger partial charge >= 0.3 is 5.97 Å². The van der Waals surface area contributed by atoms with Gasteiger partial charge in [0.1, 0.15) is 15.6 Å². The van der Waals surface area contributed by atoms with E-state index in [-0.39, 0.29) is 35.9 Å². The van der Waals surface area contributed by atoms with Crippen LogP contribution in [0.25, 0.3) is 0 Å². The van der Waals surface area contributed by atoms with Crippen molar-refractivity contribution in [1.29, 1.82) is 0 Å². The molecule has 32 heavy (non-hydrogen) atoms. The number of carbonyl (C=O) groups is 3. The first-order valence-corrected chi connectivity index (χ1v) is 11.2. The fourth-order valence-electron chi connectivity index (χ4n) is 3.07. The number of thiocarbonyl (C=S) groups is 1. The molecule has 3 N–H and O–H groups in total. The van der Waals surface area contributed by atoms with E-state index in [9.17, 15) is 19.5 Å². The number of aromatic carboxylic acids is 1. The number of carbonyl (C=O) groups excluding carboxylic acids is 2. The van der Waals surface area contributed by atoms with E-state index in [4.69, 9.17) is 17.3 Å². The molecule has 0 unspecified atom stereocenters. The monoisotopic (exact) mass is 470 g/mol. The molecule has 0 bridgehead atoms. The number of nitrogens with one attached hydrogen (secondary N) is 1. The van der Waals surface area contributed by atoms with E-state index in [2.05, 4.69) is 24.4 Å². The number of carboxylic acid groups (broad SMARTS) is 1. The van der Waals surface area contributed by atoms with Crippen LogP contribution in [0.15, 0.2) is 53.4 Å². The molecule has 1 saturated heterocycles. The zero-order valence-corrected chi connectivity index (χ0v) is 19.0. The molecule has 3 rings (SSSR count). The van der Waals surface area contributed by atoms with Crippen LogP contribution in [0.3, 0.4) is 0 Å². The Morgan fingerprint density at radius 2 is 1.84 bits per heavy atom. The number of rotatable bonds is 8. The van der Waals surface area contributed by atoms with Crippen LogP contribution in [-0.4, -0.2) is 43.8 Å². The molecule has 2 aromatic carbocycles. The summed E-state index contributed by atoms with van der Waals surface area (Å²) in [4.78, 5) is 38.0. The lowest BCUT2D eigenvalue weighted by molar-refractivity contribution is -0.122. The van der Waals surface area contributed by atoms with Gasteiger partial charge in [-0.15, -0.1) is 0 Å². The minimum Gasteiger partial charge on any atom is -0.507 e. The zero-order valence-electron chi connectivity index (χ0n) is 17.3. The third kappa shape index (κ3) is 5.74. The van der Waals surface area contributed by atoms with E-state index in [1.807, 2.05) is 18.2 Å². The number of carboxylic acids is 1. The van der Waals surface area contributed by atoms with Crippen molar-refractivity contribution in [3.05, 3.63) is 70.1 Å². The van der Waals surface area contributed by atoms with Crippen LogP contribution < -0.4 is 5.32 Å². The van der Waals surface area contributed by atoms with Gasteiger partial charge in [-0.1, -0.05) is 61.2 Å². The molecule has 0 aliphatic carbocycles. The summed E-state index contributed by atoms with van der Waals surface area (Å²) in [6.07, 6.45) is 3.42. The van der Waals surface area contributed by atoms with Gasteiger partial charge in [0.2, 0.25) is 5.91 Å². The van der Waals surface area contributed by atoms with Gasteiger partial charge in [0, 0.05) is 18.7 Å². The van der Waals surface area contributed by atoms with Crippen LogP contribution in [0.2, 0.25) is 0 Å². The highest BCUT2D eigenvalue weighted by atomic mass is 32.2. The number of allylic oxidation sites excluding steroid dienone is 1. The molecule has 1 fully saturated rings. The van der Waals surface area contributed by atoms with E-state index < -0.39 is 11.9 Å². The number of hydrogen-bond acceptors (Lipinski definition) is 6. The summed E-state index contributed by atoms with van der Waals surface area (Å²) in [5.74, 6) is -2.32. The third-order valence-corrected chi connectivity index (χ3v) is 6.33. The van der Waals surface area contributed by atoms with Crippen LogP contribution in [-0.2, 0) is 22.4 Å². The zero-order chi connectivity index (χ0) is 23.3. The molecule has 166 valence electrons. The summed E-state index contributed by atoms with van der Waals surface area (Å²) in [7, 11) is 0. The van der Waals surface area contributed by atoms with E-state index in [1.54, 1.807) is 0 Å². The molecule has 1 heterocycles. The van der Waals surface area contributed by atoms with Crippen LogP contribution >= 0.6 is 24.0 Å². The highest BCUT2D eigenvalue weighted by molar-refractivity contribution is 8.26. The predicted molar refractivity (Wildman–Crippen MR) is 128 cm³/mol. The highest BCUT2D eigenvalue weighted by Crippen LogP contribution is 2.31. The standard InChI is InChI=1S/C23H22N2O5S2/c1-2-14-3-5-15(6-4-14)7-10-19-21(28)25(23(31)32-19)12-11-20(27)24-16-8-9-18(26)17(13-16)22(29)30/h3-6,8-10,13,26H,2,7,11-12H2,1H3,(H,24,27)(H,29,30)/b19-10-. The van der Waals surface area contributed by atoms with Crippen molar-refractivity contribution >= 4 is 51.8 Å². The number of thioether (sulfide) groups is 1. The second-order valence-corrected chi connectivity index (χ2v) is 8.78. The van der Waals surface area contributed by atoms with E-state index in [1.165, 1.54) is 40.4 Å². The van der Waals surface area contributed by atoms with E-state index in [0.717, 1.165) is 12.0 Å². The first kappa shape index (κ1) is 23.5. The molecule has 2 amide bonds. The molecule has 0 saturated carbocycles. The predicted octanol–water partition coefficient (Wildman–Crippen LogP) is 3.97. The molecule has 9 heteroatoms. The number of aryl methyl sites for hydroxylation is 1. The Hall–Kier alpha value is -3.17. The quantitative estimate of drug-likeness (QED) is 0.304. The Morgan fingerprint density at radius 3 is 2.50 bits per heavy atom. The molecule has 0 radical (unpaired) electrons. The summed E-state index contributed by atoms with van der Waals surface area (Å²) in [5, 5.41) is 21.2. The van der Waals surface area contributed by atoms with Gasteiger partial charge in [-0.25, -0.2) is 4.79 Å². The average molecular weight is 471 g/mol. The van der Waals surface area contributed by atoms with Gasteiger partial charge in [-0.05, 0) is 42.2 Å². The Labute approximate surface area is 195 Å². The summed E-state index contributed by atoms with van der Waals surface area (Å²) < 4.78 is 0.396. The molecule has 2 aromatic rings. The number of nitrogens with zero attached hydrogens (tertiary/aromatic N) is 1. The first-order valence-electron chi connectivity index (χ1n) is 9.96. The maximum absolute atomic E-state index is 12.7. The fraction of sp³-hybridized carbons (Fsp3) is 0.217. The van der Waals surface area contributed by atoms with Crippen molar-refractivity contribution in [3.8, 4) is 5.75 Å². The summed E-state index contributed by atoms with van der Waals surface area (Å²) in [6, 6.07) is 12.0. The molecule has 1 aliphatic heterocycles. The van der Waals surface area contributed by atoms with Crippen molar-refractivity contribution in [2.75, 3.05) is 11.9 Å². The normalized spacial score (nSPS) is 14.8. The molecule has 0 atom stereocenters. The SMILES string of the molecule is CCc1ccc(C/C=C2\SC(=S)N(CCC(=O)Nc3ccc(O)c(C(=O)O)c3)C2=O)cc1. The summed E-state index contributed by atoms with van der Waals surface area (Å²) in [6.45, 7) is 2.21. The lowest BCUT2D eigenvalue weighted by atomic mass is 10.1. The van der Waals surface area contributed by atoms with Crippen LogP contribution in [0.1, 0.15) is 34.8 Å². The minimum absolute atomic E-state index is 0.0124. The topological polar surface area (TPSA) is 107 Å². The van der Waals surface area contributed by atoms with Crippen LogP contribution in [0.4, 0.5) is 5.69 Å². The van der Waals surface area contributed by atoms with Crippen molar-refractivity contribution in [2.45, 2.75) is 26.2 Å². The second kappa shape index (κ2) is 10.4. The first-order chi connectivity index (χ1) is 15.3. The largest absolute Gasteiger partial charge is 0.507 e. The van der Waals surface area contributed by atoms with Crippen molar-refractivity contribution in [2.24, 2.45) is 0 Å². The summed E-state index contributed by atoms with van der Waals surface area (Å²) in [5.41, 5.74) is 2.28. The van der Waals surface area contributed by atoms with E-state index in [0.29, 0.717) is 15.6 Å². The maximum Gasteiger partial charge on any atom is 0.339 e.